The number of amides is 1. The number of rotatable bonds is 6. The van der Waals surface area contributed by atoms with Gasteiger partial charge in [-0.15, -0.1) is 22.7 Å². The summed E-state index contributed by atoms with van der Waals surface area (Å²) in [4.78, 5) is 21.7. The van der Waals surface area contributed by atoms with Gasteiger partial charge in [0.05, 0.1) is 21.8 Å². The minimum Gasteiger partial charge on any atom is -0.370 e. The lowest BCUT2D eigenvalue weighted by atomic mass is 10.1. The Kier molecular flexibility index (Phi) is 5.07. The third-order valence-electron chi connectivity index (χ3n) is 3.44. The molecule has 0 bridgehead atoms. The van der Waals surface area contributed by atoms with E-state index in [1.165, 1.54) is 0 Å². The molecule has 1 unspecified atom stereocenters. The standard InChI is InChI=1S/C16H17N5OS2/c17-16(18)21-12(13-2-1-7-23-13)5-6-15(22)20-10-3-4-11-14(8-10)24-9-19-11/h1-4,7-9,12H,5-6H2,(H,20,22)(H4,17,18,21). The predicted molar refractivity (Wildman–Crippen MR) is 100 cm³/mol. The molecule has 0 saturated carbocycles. The summed E-state index contributed by atoms with van der Waals surface area (Å²) in [5.74, 6) is -0.0318. The number of nitrogens with one attached hydrogen (secondary N) is 1. The first kappa shape index (κ1) is 16.4. The van der Waals surface area contributed by atoms with E-state index in [4.69, 9.17) is 11.5 Å². The molecule has 6 nitrogen and oxygen atoms in total. The lowest BCUT2D eigenvalue weighted by Crippen LogP contribution is -2.24. The molecule has 0 radical (unpaired) electrons. The average Bonchev–Trinajstić information content (AvgIpc) is 3.21. The number of thiazole rings is 1. The molecule has 0 saturated heterocycles. The molecule has 3 aromatic rings. The van der Waals surface area contributed by atoms with E-state index in [0.29, 0.717) is 12.8 Å². The summed E-state index contributed by atoms with van der Waals surface area (Å²) >= 11 is 3.12. The van der Waals surface area contributed by atoms with E-state index in [0.717, 1.165) is 20.8 Å². The van der Waals surface area contributed by atoms with Crippen molar-refractivity contribution in [3.63, 3.8) is 0 Å². The molecule has 8 heteroatoms. The van der Waals surface area contributed by atoms with Gasteiger partial charge >= 0.3 is 0 Å². The third-order valence-corrected chi connectivity index (χ3v) is 5.20. The van der Waals surface area contributed by atoms with E-state index in [-0.39, 0.29) is 17.9 Å². The molecule has 5 N–H and O–H groups in total. The Bertz CT molecular complexity index is 852. The maximum Gasteiger partial charge on any atom is 0.224 e. The van der Waals surface area contributed by atoms with Crippen LogP contribution in [0.1, 0.15) is 23.8 Å². The van der Waals surface area contributed by atoms with E-state index in [1.54, 1.807) is 28.2 Å². The van der Waals surface area contributed by atoms with Crippen molar-refractivity contribution in [2.75, 3.05) is 5.32 Å². The van der Waals surface area contributed by atoms with E-state index in [1.807, 2.05) is 35.7 Å². The highest BCUT2D eigenvalue weighted by atomic mass is 32.1. The second-order valence-electron chi connectivity index (χ2n) is 5.21. The monoisotopic (exact) mass is 359 g/mol. The number of fused-ring (bicyclic) bond motifs is 1. The van der Waals surface area contributed by atoms with Crippen LogP contribution in [0.3, 0.4) is 0 Å². The summed E-state index contributed by atoms with van der Waals surface area (Å²) in [6, 6.07) is 9.40. The minimum atomic E-state index is -0.190. The highest BCUT2D eigenvalue weighted by Crippen LogP contribution is 2.27. The molecule has 1 atom stereocenters. The fourth-order valence-electron chi connectivity index (χ4n) is 2.36. The SMILES string of the molecule is NC(N)=NC(CCC(=O)Nc1ccc2ncsc2c1)c1cccs1. The van der Waals surface area contributed by atoms with Crippen molar-refractivity contribution in [3.05, 3.63) is 46.1 Å². The second-order valence-corrected chi connectivity index (χ2v) is 7.07. The first-order chi connectivity index (χ1) is 11.6. The zero-order chi connectivity index (χ0) is 16.9. The van der Waals surface area contributed by atoms with Crippen LogP contribution in [0.25, 0.3) is 10.2 Å². The van der Waals surface area contributed by atoms with Crippen LogP contribution < -0.4 is 16.8 Å². The van der Waals surface area contributed by atoms with Gasteiger partial charge in [0.25, 0.3) is 0 Å². The number of guanidine groups is 1. The van der Waals surface area contributed by atoms with E-state index >= 15 is 0 Å². The van der Waals surface area contributed by atoms with Crippen LogP contribution >= 0.6 is 22.7 Å². The van der Waals surface area contributed by atoms with Gasteiger partial charge in [0.15, 0.2) is 5.96 Å². The van der Waals surface area contributed by atoms with Crippen LogP contribution in [0.5, 0.6) is 0 Å². The van der Waals surface area contributed by atoms with Gasteiger partial charge in [-0.3, -0.25) is 4.79 Å². The molecule has 2 heterocycles. The van der Waals surface area contributed by atoms with Gasteiger partial charge in [-0.05, 0) is 36.1 Å². The Hall–Kier alpha value is -2.45. The fourth-order valence-corrected chi connectivity index (χ4v) is 3.87. The zero-order valence-electron chi connectivity index (χ0n) is 12.8. The number of thiophene rings is 1. The van der Waals surface area contributed by atoms with Crippen molar-refractivity contribution in [1.82, 2.24) is 4.98 Å². The molecule has 24 heavy (non-hydrogen) atoms. The Labute approximate surface area is 147 Å². The number of hydrogen-bond donors (Lipinski definition) is 3. The Morgan fingerprint density at radius 2 is 2.17 bits per heavy atom. The maximum absolute atomic E-state index is 12.2. The average molecular weight is 359 g/mol. The number of carbonyl (C=O) groups is 1. The molecule has 0 aliphatic heterocycles. The van der Waals surface area contributed by atoms with Crippen molar-refractivity contribution < 1.29 is 4.79 Å². The summed E-state index contributed by atoms with van der Waals surface area (Å²) in [5.41, 5.74) is 14.5. The molecule has 0 fully saturated rings. The third kappa shape index (κ3) is 4.09. The van der Waals surface area contributed by atoms with Crippen molar-refractivity contribution in [1.29, 1.82) is 0 Å². The number of anilines is 1. The van der Waals surface area contributed by atoms with Crippen LogP contribution in [0, 0.1) is 0 Å². The minimum absolute atomic E-state index is 0.0319. The summed E-state index contributed by atoms with van der Waals surface area (Å²) in [6.07, 6.45) is 0.882. The molecule has 0 spiro atoms. The van der Waals surface area contributed by atoms with Gasteiger partial charge in [-0.25, -0.2) is 9.98 Å². The fraction of sp³-hybridized carbons (Fsp3) is 0.188. The smallest absolute Gasteiger partial charge is 0.224 e. The summed E-state index contributed by atoms with van der Waals surface area (Å²) in [6.45, 7) is 0. The zero-order valence-corrected chi connectivity index (χ0v) is 14.4. The number of nitrogens with zero attached hydrogens (tertiary/aromatic N) is 2. The number of benzene rings is 1. The van der Waals surface area contributed by atoms with Crippen LogP contribution in [-0.2, 0) is 4.79 Å². The molecule has 1 amide bonds. The molecule has 0 aliphatic rings. The van der Waals surface area contributed by atoms with Crippen LogP contribution in [-0.4, -0.2) is 16.9 Å². The quantitative estimate of drug-likeness (QED) is 0.464. The normalized spacial score (nSPS) is 12.0. The van der Waals surface area contributed by atoms with Crippen molar-refractivity contribution in [2.45, 2.75) is 18.9 Å². The van der Waals surface area contributed by atoms with Crippen LogP contribution in [0.2, 0.25) is 0 Å². The Morgan fingerprint density at radius 1 is 1.29 bits per heavy atom. The van der Waals surface area contributed by atoms with Crippen molar-refractivity contribution >= 4 is 50.4 Å². The maximum atomic E-state index is 12.2. The van der Waals surface area contributed by atoms with Gasteiger partial charge in [-0.1, -0.05) is 6.07 Å². The largest absolute Gasteiger partial charge is 0.370 e. The predicted octanol–water partition coefficient (Wildman–Crippen LogP) is 3.09. The van der Waals surface area contributed by atoms with Gasteiger partial charge in [0.1, 0.15) is 0 Å². The van der Waals surface area contributed by atoms with Crippen molar-refractivity contribution in [2.24, 2.45) is 16.5 Å². The van der Waals surface area contributed by atoms with E-state index in [9.17, 15) is 4.79 Å². The lowest BCUT2D eigenvalue weighted by Gasteiger charge is -2.11. The van der Waals surface area contributed by atoms with Gasteiger partial charge in [-0.2, -0.15) is 0 Å². The molecule has 3 rings (SSSR count). The number of aliphatic imine (C=N–C) groups is 1. The second kappa shape index (κ2) is 7.41. The molecular weight excluding hydrogens is 342 g/mol. The first-order valence-corrected chi connectivity index (χ1v) is 9.13. The molecule has 1 aromatic carbocycles. The van der Waals surface area contributed by atoms with Gasteiger partial charge < -0.3 is 16.8 Å². The van der Waals surface area contributed by atoms with Gasteiger partial charge in [0.2, 0.25) is 5.91 Å². The van der Waals surface area contributed by atoms with Crippen LogP contribution in [0.15, 0.2) is 46.2 Å². The molecule has 124 valence electrons. The molecule has 2 aromatic heterocycles. The number of carbonyl (C=O) groups excluding carboxylic acids is 1. The number of nitrogens with two attached hydrogens (primary N) is 2. The number of aromatic nitrogens is 1. The number of hydrogen-bond acceptors (Lipinski definition) is 5. The summed E-state index contributed by atoms with van der Waals surface area (Å²) in [5, 5.41) is 4.88. The Balaban J connectivity index is 1.62. The lowest BCUT2D eigenvalue weighted by molar-refractivity contribution is -0.116. The Morgan fingerprint density at radius 3 is 2.92 bits per heavy atom. The molecule has 0 aliphatic carbocycles. The topological polar surface area (TPSA) is 106 Å². The molecular formula is C16H17N5OS2. The van der Waals surface area contributed by atoms with Gasteiger partial charge in [0, 0.05) is 17.0 Å². The first-order valence-electron chi connectivity index (χ1n) is 7.37. The summed E-state index contributed by atoms with van der Waals surface area (Å²) in [7, 11) is 0. The summed E-state index contributed by atoms with van der Waals surface area (Å²) < 4.78 is 1.05. The van der Waals surface area contributed by atoms with Crippen molar-refractivity contribution in [3.8, 4) is 0 Å². The van der Waals surface area contributed by atoms with Crippen LogP contribution in [0.4, 0.5) is 5.69 Å². The van der Waals surface area contributed by atoms with E-state index in [2.05, 4.69) is 15.3 Å². The van der Waals surface area contributed by atoms with E-state index < -0.39 is 0 Å². The highest BCUT2D eigenvalue weighted by Gasteiger charge is 2.14. The highest BCUT2D eigenvalue weighted by molar-refractivity contribution is 7.16.